The van der Waals surface area contributed by atoms with Gasteiger partial charge in [-0.2, -0.15) is 0 Å². The molecule has 0 aliphatic heterocycles. The second-order valence-electron chi connectivity index (χ2n) is 2.63. The molecule has 0 radical (unpaired) electrons. The van der Waals surface area contributed by atoms with Gasteiger partial charge in [-0.25, -0.2) is 4.98 Å². The summed E-state index contributed by atoms with van der Waals surface area (Å²) in [5.41, 5.74) is 6.18. The van der Waals surface area contributed by atoms with Gasteiger partial charge in [0.05, 0.1) is 14.2 Å². The maximum atomic E-state index is 11.1. The zero-order chi connectivity index (χ0) is 10.6. The fourth-order valence-corrected chi connectivity index (χ4v) is 0.960. The molecule has 0 spiro atoms. The van der Waals surface area contributed by atoms with Crippen LogP contribution in [0.1, 0.15) is 11.6 Å². The van der Waals surface area contributed by atoms with Gasteiger partial charge in [-0.3, -0.25) is 4.79 Å². The van der Waals surface area contributed by atoms with Crippen molar-refractivity contribution in [1.82, 2.24) is 4.98 Å². The Hall–Kier alpha value is -1.62. The monoisotopic (exact) mass is 196 g/mol. The highest BCUT2D eigenvalue weighted by Crippen LogP contribution is 2.13. The Morgan fingerprint density at radius 2 is 2.21 bits per heavy atom. The van der Waals surface area contributed by atoms with Gasteiger partial charge in [0.15, 0.2) is 0 Å². The summed E-state index contributed by atoms with van der Waals surface area (Å²) in [5, 5.41) is 0. The molecule has 76 valence electrons. The molecule has 0 aromatic carbocycles. The lowest BCUT2D eigenvalue weighted by Gasteiger charge is -2.08. The molecule has 0 fully saturated rings. The molecule has 0 unspecified atom stereocenters. The number of carbonyl (C=O) groups is 1. The summed E-state index contributed by atoms with van der Waals surface area (Å²) in [7, 11) is 2.81. The van der Waals surface area contributed by atoms with E-state index < -0.39 is 12.0 Å². The third-order valence-electron chi connectivity index (χ3n) is 1.78. The van der Waals surface area contributed by atoms with Crippen LogP contribution >= 0.6 is 0 Å². The molecule has 0 saturated heterocycles. The molecule has 1 rings (SSSR count). The van der Waals surface area contributed by atoms with Crippen molar-refractivity contribution in [3.63, 3.8) is 0 Å². The van der Waals surface area contributed by atoms with Crippen LogP contribution in [0.2, 0.25) is 0 Å². The topological polar surface area (TPSA) is 74.4 Å². The third-order valence-corrected chi connectivity index (χ3v) is 1.78. The minimum absolute atomic E-state index is 0.478. The molecule has 1 heterocycles. The molecule has 1 atom stereocenters. The first-order chi connectivity index (χ1) is 6.69. The number of nitrogens with two attached hydrogens (primary N) is 1. The average Bonchev–Trinajstić information content (AvgIpc) is 2.27. The number of aromatic nitrogens is 1. The first-order valence-corrected chi connectivity index (χ1v) is 4.02. The van der Waals surface area contributed by atoms with E-state index in [-0.39, 0.29) is 0 Å². The van der Waals surface area contributed by atoms with Crippen LogP contribution in [0.4, 0.5) is 0 Å². The molecule has 0 aliphatic carbocycles. The van der Waals surface area contributed by atoms with Gasteiger partial charge < -0.3 is 15.2 Å². The van der Waals surface area contributed by atoms with Gasteiger partial charge >= 0.3 is 5.97 Å². The van der Waals surface area contributed by atoms with Gasteiger partial charge in [0, 0.05) is 12.3 Å². The molecule has 1 aromatic heterocycles. The standard InChI is InChI=1S/C9H12N2O3/c1-13-7-4-3-6(5-11-7)8(10)9(12)14-2/h3-5,8H,10H2,1-2H3/t8-/m1/s1. The van der Waals surface area contributed by atoms with Crippen molar-refractivity contribution < 1.29 is 14.3 Å². The third kappa shape index (κ3) is 2.20. The van der Waals surface area contributed by atoms with Gasteiger partial charge in [0.1, 0.15) is 6.04 Å². The highest BCUT2D eigenvalue weighted by Gasteiger charge is 2.16. The van der Waals surface area contributed by atoms with Crippen LogP contribution in [0.5, 0.6) is 5.88 Å². The molecular weight excluding hydrogens is 184 g/mol. The van der Waals surface area contributed by atoms with E-state index in [0.717, 1.165) is 0 Å². The van der Waals surface area contributed by atoms with Crippen molar-refractivity contribution in [2.24, 2.45) is 5.73 Å². The predicted octanol–water partition coefficient (Wildman–Crippen LogP) is 0.263. The Morgan fingerprint density at radius 3 is 2.64 bits per heavy atom. The van der Waals surface area contributed by atoms with E-state index >= 15 is 0 Å². The lowest BCUT2D eigenvalue weighted by molar-refractivity contribution is -0.142. The summed E-state index contributed by atoms with van der Waals surface area (Å²) >= 11 is 0. The minimum atomic E-state index is -0.793. The van der Waals surface area contributed by atoms with Gasteiger partial charge in [-0.1, -0.05) is 0 Å². The van der Waals surface area contributed by atoms with Crippen molar-refractivity contribution in [3.05, 3.63) is 23.9 Å². The van der Waals surface area contributed by atoms with Crippen LogP contribution in [0, 0.1) is 0 Å². The Balaban J connectivity index is 2.81. The van der Waals surface area contributed by atoms with Gasteiger partial charge in [-0.05, 0) is 11.6 Å². The number of carbonyl (C=O) groups excluding carboxylic acids is 1. The molecule has 2 N–H and O–H groups in total. The second kappa shape index (κ2) is 4.57. The Morgan fingerprint density at radius 1 is 1.50 bits per heavy atom. The number of ether oxygens (including phenoxy) is 2. The van der Waals surface area contributed by atoms with Crippen molar-refractivity contribution in [1.29, 1.82) is 0 Å². The van der Waals surface area contributed by atoms with E-state index in [1.165, 1.54) is 20.4 Å². The van der Waals surface area contributed by atoms with Crippen LogP contribution < -0.4 is 10.5 Å². The average molecular weight is 196 g/mol. The smallest absolute Gasteiger partial charge is 0.327 e. The zero-order valence-electron chi connectivity index (χ0n) is 8.06. The van der Waals surface area contributed by atoms with Crippen LogP contribution in [0.25, 0.3) is 0 Å². The molecule has 5 nitrogen and oxygen atoms in total. The summed E-state index contributed by atoms with van der Waals surface area (Å²) < 4.78 is 9.37. The number of methoxy groups -OCH3 is 2. The van der Waals surface area contributed by atoms with Crippen molar-refractivity contribution >= 4 is 5.97 Å². The lowest BCUT2D eigenvalue weighted by atomic mass is 10.1. The summed E-state index contributed by atoms with van der Waals surface area (Å²) in [4.78, 5) is 15.0. The zero-order valence-corrected chi connectivity index (χ0v) is 8.06. The maximum absolute atomic E-state index is 11.1. The molecule has 0 saturated carbocycles. The van der Waals surface area contributed by atoms with E-state index in [4.69, 9.17) is 10.5 Å². The highest BCUT2D eigenvalue weighted by molar-refractivity contribution is 5.77. The summed E-state index contributed by atoms with van der Waals surface area (Å²) in [6, 6.07) is 2.52. The van der Waals surface area contributed by atoms with Gasteiger partial charge in [0.2, 0.25) is 5.88 Å². The molecule has 0 bridgehead atoms. The minimum Gasteiger partial charge on any atom is -0.481 e. The number of rotatable bonds is 3. The van der Waals surface area contributed by atoms with E-state index in [2.05, 4.69) is 9.72 Å². The number of hydrogen-bond acceptors (Lipinski definition) is 5. The lowest BCUT2D eigenvalue weighted by Crippen LogP contribution is -2.22. The molecule has 0 aliphatic rings. The maximum Gasteiger partial charge on any atom is 0.327 e. The first kappa shape index (κ1) is 10.5. The largest absolute Gasteiger partial charge is 0.481 e. The molecular formula is C9H12N2O3. The first-order valence-electron chi connectivity index (χ1n) is 4.02. The Kier molecular flexibility index (Phi) is 3.41. The fraction of sp³-hybridized carbons (Fsp3) is 0.333. The summed E-state index contributed by atoms with van der Waals surface area (Å²) in [6.07, 6.45) is 1.49. The van der Waals surface area contributed by atoms with Crippen LogP contribution in [0.3, 0.4) is 0 Å². The fourth-order valence-electron chi connectivity index (χ4n) is 0.960. The number of pyridine rings is 1. The van der Waals surface area contributed by atoms with E-state index in [1.807, 2.05) is 0 Å². The molecule has 14 heavy (non-hydrogen) atoms. The summed E-state index contributed by atoms with van der Waals surface area (Å²) in [5.74, 6) is -0.0113. The van der Waals surface area contributed by atoms with Crippen molar-refractivity contribution in [2.75, 3.05) is 14.2 Å². The Bertz CT molecular complexity index is 310. The number of hydrogen-bond donors (Lipinski definition) is 1. The molecule has 5 heteroatoms. The van der Waals surface area contributed by atoms with Crippen molar-refractivity contribution in [3.8, 4) is 5.88 Å². The van der Waals surface area contributed by atoms with Crippen LogP contribution in [0.15, 0.2) is 18.3 Å². The van der Waals surface area contributed by atoms with Crippen LogP contribution in [-0.2, 0) is 9.53 Å². The number of nitrogens with zero attached hydrogens (tertiary/aromatic N) is 1. The van der Waals surface area contributed by atoms with Crippen LogP contribution in [-0.4, -0.2) is 25.2 Å². The van der Waals surface area contributed by atoms with E-state index in [9.17, 15) is 4.79 Å². The quantitative estimate of drug-likeness (QED) is 0.702. The van der Waals surface area contributed by atoms with Gasteiger partial charge in [0.25, 0.3) is 0 Å². The van der Waals surface area contributed by atoms with E-state index in [1.54, 1.807) is 12.1 Å². The van der Waals surface area contributed by atoms with Gasteiger partial charge in [-0.15, -0.1) is 0 Å². The normalized spacial score (nSPS) is 11.9. The van der Waals surface area contributed by atoms with E-state index in [0.29, 0.717) is 11.4 Å². The molecule has 0 amide bonds. The highest BCUT2D eigenvalue weighted by atomic mass is 16.5. The molecule has 1 aromatic rings. The van der Waals surface area contributed by atoms with Crippen molar-refractivity contribution in [2.45, 2.75) is 6.04 Å². The Labute approximate surface area is 81.8 Å². The number of esters is 1. The summed E-state index contributed by atoms with van der Waals surface area (Å²) in [6.45, 7) is 0. The predicted molar refractivity (Wildman–Crippen MR) is 49.7 cm³/mol. The SMILES string of the molecule is COC(=O)[C@H](N)c1ccc(OC)nc1. The second-order valence-corrected chi connectivity index (χ2v) is 2.63.